The largest absolute Gasteiger partial charge is 0.278 e. The molecule has 0 unspecified atom stereocenters. The molecule has 0 saturated carbocycles. The van der Waals surface area contributed by atoms with Crippen LogP contribution >= 0.6 is 11.3 Å². The number of benzene rings is 9. The van der Waals surface area contributed by atoms with Crippen molar-refractivity contribution in [3.63, 3.8) is 0 Å². The van der Waals surface area contributed by atoms with Gasteiger partial charge in [-0.2, -0.15) is 0 Å². The summed E-state index contributed by atoms with van der Waals surface area (Å²) in [7, 11) is 0. The Kier molecular flexibility index (Phi) is 6.21. The molecule has 0 amide bonds. The van der Waals surface area contributed by atoms with Crippen molar-refractivity contribution in [3.8, 4) is 28.3 Å². The molecule has 0 aliphatic carbocycles. The molecule has 0 N–H and O–H groups in total. The number of hydrogen-bond acceptors (Lipinski definition) is 3. The van der Waals surface area contributed by atoms with E-state index in [1.807, 2.05) is 11.3 Å². The number of para-hydroxylation sites is 1. The molecule has 0 spiro atoms. The Morgan fingerprint density at radius 2 is 1.07 bits per heavy atom. The molecule has 0 fully saturated rings. The van der Waals surface area contributed by atoms with E-state index in [4.69, 9.17) is 9.97 Å². The summed E-state index contributed by atoms with van der Waals surface area (Å²) in [6.07, 6.45) is 0. The normalized spacial score (nSPS) is 12.1. The van der Waals surface area contributed by atoms with E-state index in [2.05, 4.69) is 180 Å². The average molecular weight is 704 g/mol. The summed E-state index contributed by atoms with van der Waals surface area (Å²) in [5, 5.41) is 13.3. The zero-order chi connectivity index (χ0) is 35.3. The van der Waals surface area contributed by atoms with Crippen molar-refractivity contribution in [1.29, 1.82) is 0 Å². The first kappa shape index (κ1) is 29.7. The highest BCUT2D eigenvalue weighted by atomic mass is 32.1. The van der Waals surface area contributed by atoms with Gasteiger partial charge in [-0.1, -0.05) is 140 Å². The third-order valence-electron chi connectivity index (χ3n) is 11.2. The summed E-state index contributed by atoms with van der Waals surface area (Å²) in [5.41, 5.74) is 7.52. The van der Waals surface area contributed by atoms with Gasteiger partial charge in [-0.05, 0) is 74.5 Å². The minimum Gasteiger partial charge on any atom is -0.278 e. The van der Waals surface area contributed by atoms with Crippen LogP contribution in [0.1, 0.15) is 0 Å². The zero-order valence-electron chi connectivity index (χ0n) is 29.0. The van der Waals surface area contributed by atoms with E-state index in [9.17, 15) is 0 Å². The minimum atomic E-state index is 0.666. The monoisotopic (exact) mass is 703 g/mol. The van der Waals surface area contributed by atoms with E-state index in [1.54, 1.807) is 0 Å². The Labute approximate surface area is 314 Å². The molecule has 0 aliphatic rings. The van der Waals surface area contributed by atoms with Gasteiger partial charge >= 0.3 is 0 Å². The Balaban J connectivity index is 1.13. The Bertz CT molecular complexity index is 3490. The van der Waals surface area contributed by atoms with Crippen molar-refractivity contribution >= 4 is 96.5 Å². The number of fused-ring (bicyclic) bond motifs is 12. The Morgan fingerprint density at radius 3 is 1.94 bits per heavy atom. The lowest BCUT2D eigenvalue weighted by Gasteiger charge is -2.14. The molecular weight excluding hydrogens is 675 g/mol. The molecule has 12 aromatic rings. The van der Waals surface area contributed by atoms with Crippen molar-refractivity contribution < 1.29 is 0 Å². The van der Waals surface area contributed by atoms with Gasteiger partial charge in [0.25, 0.3) is 0 Å². The van der Waals surface area contributed by atoms with Gasteiger partial charge in [-0.3, -0.25) is 4.57 Å². The van der Waals surface area contributed by atoms with Crippen molar-refractivity contribution in [2.75, 3.05) is 0 Å². The second-order valence-electron chi connectivity index (χ2n) is 14.1. The average Bonchev–Trinajstić information content (AvgIpc) is 3.78. The van der Waals surface area contributed by atoms with E-state index < -0.39 is 0 Å². The van der Waals surface area contributed by atoms with E-state index in [0.29, 0.717) is 5.95 Å². The van der Waals surface area contributed by atoms with Crippen molar-refractivity contribution in [3.05, 3.63) is 176 Å². The van der Waals surface area contributed by atoms with Crippen LogP contribution in [-0.4, -0.2) is 14.5 Å². The lowest BCUT2D eigenvalue weighted by molar-refractivity contribution is 1.02. The van der Waals surface area contributed by atoms with E-state index >= 15 is 0 Å². The van der Waals surface area contributed by atoms with E-state index in [0.717, 1.165) is 44.0 Å². The van der Waals surface area contributed by atoms with Gasteiger partial charge < -0.3 is 0 Å². The maximum Gasteiger partial charge on any atom is 0.235 e. The third-order valence-corrected chi connectivity index (χ3v) is 12.3. The van der Waals surface area contributed by atoms with Crippen LogP contribution in [0.4, 0.5) is 0 Å². The highest BCUT2D eigenvalue weighted by molar-refractivity contribution is 7.26. The number of rotatable bonds is 3. The van der Waals surface area contributed by atoms with Crippen LogP contribution < -0.4 is 0 Å². The fraction of sp³-hybridized carbons (Fsp3) is 0. The summed E-state index contributed by atoms with van der Waals surface area (Å²) >= 11 is 1.86. The second-order valence-corrected chi connectivity index (χ2v) is 15.2. The van der Waals surface area contributed by atoms with Gasteiger partial charge in [0, 0.05) is 47.3 Å². The smallest absolute Gasteiger partial charge is 0.235 e. The van der Waals surface area contributed by atoms with E-state index in [1.165, 1.54) is 63.6 Å². The molecule has 0 saturated heterocycles. The molecule has 250 valence electrons. The second kappa shape index (κ2) is 11.3. The summed E-state index contributed by atoms with van der Waals surface area (Å²) < 4.78 is 4.90. The third kappa shape index (κ3) is 4.29. The van der Waals surface area contributed by atoms with Crippen molar-refractivity contribution in [2.45, 2.75) is 0 Å². The molecule has 0 radical (unpaired) electrons. The SMILES string of the molecule is c1ccc2c(-c3ccc(-c4nc(-n5c6ccccc6c6cc7c(ccc8sc9ccccc9c87)cc65)nc5c4ccc4ccccc45)cc3)cccc2c1. The Hall–Kier alpha value is -6.88. The zero-order valence-corrected chi connectivity index (χ0v) is 29.8. The lowest BCUT2D eigenvalue weighted by atomic mass is 9.96. The highest BCUT2D eigenvalue weighted by Crippen LogP contribution is 2.42. The van der Waals surface area contributed by atoms with Gasteiger partial charge in [-0.15, -0.1) is 11.3 Å². The summed E-state index contributed by atoms with van der Waals surface area (Å²) in [5.74, 6) is 0.666. The fourth-order valence-electron chi connectivity index (χ4n) is 8.68. The Morgan fingerprint density at radius 1 is 0.389 bits per heavy atom. The van der Waals surface area contributed by atoms with Crippen molar-refractivity contribution in [2.24, 2.45) is 0 Å². The molecule has 54 heavy (non-hydrogen) atoms. The van der Waals surface area contributed by atoms with Crippen molar-refractivity contribution in [1.82, 2.24) is 14.5 Å². The van der Waals surface area contributed by atoms with Crippen LogP contribution in [-0.2, 0) is 0 Å². The number of nitrogens with zero attached hydrogens (tertiary/aromatic N) is 3. The first-order valence-electron chi connectivity index (χ1n) is 18.3. The van der Waals surface area contributed by atoms with Crippen LogP contribution in [0, 0.1) is 0 Å². The standard InChI is InChI=1S/C50H29N3S/c1-3-13-35-30(10-1)12-9-17-36(35)32-20-22-33(23-21-32)48-40-26-24-31-11-2-4-14-37(31)49(40)52-50(51-48)53-43-18-7-5-15-38(43)42-29-41-34(28-44(42)53)25-27-46-47(41)39-16-6-8-19-45(39)54-46/h1-29H. The quantitative estimate of drug-likeness (QED) is 0.172. The van der Waals surface area contributed by atoms with Crippen LogP contribution in [0.2, 0.25) is 0 Å². The van der Waals surface area contributed by atoms with Gasteiger partial charge in [0.05, 0.1) is 22.2 Å². The molecular formula is C50H29N3S. The predicted octanol–water partition coefficient (Wildman–Crippen LogP) is 13.9. The molecule has 3 nitrogen and oxygen atoms in total. The van der Waals surface area contributed by atoms with Gasteiger partial charge in [0.15, 0.2) is 0 Å². The van der Waals surface area contributed by atoms with Crippen LogP contribution in [0.15, 0.2) is 176 Å². The topological polar surface area (TPSA) is 30.7 Å². The summed E-state index contributed by atoms with van der Waals surface area (Å²) in [4.78, 5) is 10.9. The first-order valence-corrected chi connectivity index (χ1v) is 19.1. The summed E-state index contributed by atoms with van der Waals surface area (Å²) in [6.45, 7) is 0. The molecule has 3 aromatic heterocycles. The lowest BCUT2D eigenvalue weighted by Crippen LogP contribution is -2.04. The van der Waals surface area contributed by atoms with Gasteiger partial charge in [-0.25, -0.2) is 9.97 Å². The number of thiophene rings is 1. The van der Waals surface area contributed by atoms with E-state index in [-0.39, 0.29) is 0 Å². The number of hydrogen-bond donors (Lipinski definition) is 0. The molecule has 0 bridgehead atoms. The summed E-state index contributed by atoms with van der Waals surface area (Å²) in [6, 6.07) is 63.6. The molecule has 3 heterocycles. The van der Waals surface area contributed by atoms with Crippen LogP contribution in [0.3, 0.4) is 0 Å². The van der Waals surface area contributed by atoms with Crippen LogP contribution in [0.25, 0.3) is 114 Å². The molecule has 0 atom stereocenters. The fourth-order valence-corrected chi connectivity index (χ4v) is 9.80. The highest BCUT2D eigenvalue weighted by Gasteiger charge is 2.20. The van der Waals surface area contributed by atoms with Crippen LogP contribution in [0.5, 0.6) is 0 Å². The molecule has 0 aliphatic heterocycles. The molecule has 4 heteroatoms. The minimum absolute atomic E-state index is 0.666. The molecule has 12 rings (SSSR count). The predicted molar refractivity (Wildman–Crippen MR) is 230 cm³/mol. The maximum atomic E-state index is 5.49. The first-order chi connectivity index (χ1) is 26.8. The number of aromatic nitrogens is 3. The maximum absolute atomic E-state index is 5.49. The van der Waals surface area contributed by atoms with Gasteiger partial charge in [0.2, 0.25) is 5.95 Å². The molecule has 9 aromatic carbocycles. The van der Waals surface area contributed by atoms with Gasteiger partial charge in [0.1, 0.15) is 0 Å².